The van der Waals surface area contributed by atoms with E-state index < -0.39 is 5.12 Å². The van der Waals surface area contributed by atoms with Crippen LogP contribution in [0.3, 0.4) is 0 Å². The van der Waals surface area contributed by atoms with Gasteiger partial charge in [0.05, 0.1) is 0 Å². The summed E-state index contributed by atoms with van der Waals surface area (Å²) >= 11 is 4.23. The molecule has 1 atom stereocenters. The fourth-order valence-electron chi connectivity index (χ4n) is 0.920. The van der Waals surface area contributed by atoms with Gasteiger partial charge < -0.3 is 14.2 Å². The molecule has 0 aliphatic carbocycles. The Bertz CT molecular complexity index is 104. The molecule has 0 aromatic heterocycles. The summed E-state index contributed by atoms with van der Waals surface area (Å²) in [6.45, 7) is 0. The maximum Gasteiger partial charge on any atom is 0.241 e. The SMILES string of the molecule is COC(C[SiH3])C(S)(OC)OC. The molecule has 1 unspecified atom stereocenters. The summed E-state index contributed by atoms with van der Waals surface area (Å²) in [6, 6.07) is 0.932. The highest BCUT2D eigenvalue weighted by molar-refractivity contribution is 7.81. The third kappa shape index (κ3) is 2.76. The minimum absolute atomic E-state index is 0.0903. The van der Waals surface area contributed by atoms with E-state index in [1.807, 2.05) is 0 Å². The number of methoxy groups -OCH3 is 3. The van der Waals surface area contributed by atoms with Crippen LogP contribution in [0.15, 0.2) is 0 Å². The summed E-state index contributed by atoms with van der Waals surface area (Å²) in [5.74, 6) is 0. The Morgan fingerprint density at radius 2 is 1.82 bits per heavy atom. The Balaban J connectivity index is 4.19. The van der Waals surface area contributed by atoms with Crippen LogP contribution < -0.4 is 0 Å². The summed E-state index contributed by atoms with van der Waals surface area (Å²) in [6.07, 6.45) is -0.0903. The highest BCUT2D eigenvalue weighted by Crippen LogP contribution is 2.25. The Morgan fingerprint density at radius 3 is 1.91 bits per heavy atom. The fraction of sp³-hybridized carbons (Fsp3) is 1.00. The van der Waals surface area contributed by atoms with Gasteiger partial charge in [0.1, 0.15) is 6.10 Å². The molecule has 0 aromatic rings. The average molecular weight is 196 g/mol. The lowest BCUT2D eigenvalue weighted by Gasteiger charge is -2.31. The summed E-state index contributed by atoms with van der Waals surface area (Å²) in [5.41, 5.74) is 0. The minimum Gasteiger partial charge on any atom is -0.375 e. The maximum absolute atomic E-state index is 5.15. The lowest BCUT2D eigenvalue weighted by molar-refractivity contribution is -0.193. The lowest BCUT2D eigenvalue weighted by atomic mass is 10.4. The number of ether oxygens (including phenoxy) is 3. The van der Waals surface area contributed by atoms with Crippen LogP contribution in [0.25, 0.3) is 0 Å². The van der Waals surface area contributed by atoms with Gasteiger partial charge in [-0.15, -0.1) is 12.6 Å². The number of hydrogen-bond donors (Lipinski definition) is 1. The monoisotopic (exact) mass is 196 g/mol. The molecule has 0 heterocycles. The Morgan fingerprint density at radius 1 is 1.36 bits per heavy atom. The third-order valence-corrected chi connectivity index (χ3v) is 3.04. The van der Waals surface area contributed by atoms with E-state index in [1.165, 1.54) is 0 Å². The van der Waals surface area contributed by atoms with Crippen molar-refractivity contribution in [1.29, 1.82) is 0 Å². The molecule has 0 rings (SSSR count). The molecule has 0 aliphatic rings. The van der Waals surface area contributed by atoms with E-state index in [9.17, 15) is 0 Å². The summed E-state index contributed by atoms with van der Waals surface area (Å²) < 4.78 is 15.3. The number of thiol groups is 1. The van der Waals surface area contributed by atoms with Crippen LogP contribution in [-0.4, -0.2) is 42.8 Å². The standard InChI is InChI=1S/C6H16O3SSi/c1-7-5(4-11)6(10,8-2)9-3/h5,10H,4H2,1-3,11H3. The van der Waals surface area contributed by atoms with E-state index in [0.717, 1.165) is 16.3 Å². The molecule has 0 fully saturated rings. The van der Waals surface area contributed by atoms with Crippen LogP contribution in [0.5, 0.6) is 0 Å². The molecule has 0 aliphatic heterocycles. The first kappa shape index (κ1) is 11.4. The fourth-order valence-corrected chi connectivity index (χ4v) is 2.42. The van der Waals surface area contributed by atoms with Gasteiger partial charge in [-0.25, -0.2) is 0 Å². The molecular weight excluding hydrogens is 180 g/mol. The molecular formula is C6H16O3SSi. The van der Waals surface area contributed by atoms with Gasteiger partial charge in [-0.05, 0) is 6.04 Å². The molecule has 68 valence electrons. The molecule has 0 radical (unpaired) electrons. The van der Waals surface area contributed by atoms with Gasteiger partial charge in [0.2, 0.25) is 5.12 Å². The van der Waals surface area contributed by atoms with E-state index >= 15 is 0 Å². The molecule has 0 aromatic carbocycles. The molecule has 11 heavy (non-hydrogen) atoms. The van der Waals surface area contributed by atoms with E-state index in [1.54, 1.807) is 21.3 Å². The van der Waals surface area contributed by atoms with Crippen molar-refractivity contribution in [2.75, 3.05) is 21.3 Å². The van der Waals surface area contributed by atoms with Gasteiger partial charge in [0.15, 0.2) is 0 Å². The molecule has 3 nitrogen and oxygen atoms in total. The van der Waals surface area contributed by atoms with E-state index in [0.29, 0.717) is 0 Å². The first-order valence-electron chi connectivity index (χ1n) is 3.50. The molecule has 0 bridgehead atoms. The largest absolute Gasteiger partial charge is 0.375 e. The van der Waals surface area contributed by atoms with Crippen LogP contribution in [0.4, 0.5) is 0 Å². The zero-order valence-corrected chi connectivity index (χ0v) is 10.4. The summed E-state index contributed by atoms with van der Waals surface area (Å²) in [5, 5.41) is -0.892. The zero-order valence-electron chi connectivity index (χ0n) is 7.46. The quantitative estimate of drug-likeness (QED) is 0.370. The minimum atomic E-state index is -0.892. The number of hydrogen-bond acceptors (Lipinski definition) is 4. The maximum atomic E-state index is 5.15. The lowest BCUT2D eigenvalue weighted by Crippen LogP contribution is -2.41. The highest BCUT2D eigenvalue weighted by atomic mass is 32.1. The Kier molecular flexibility index (Phi) is 5.37. The molecule has 0 amide bonds. The Labute approximate surface area is 76.2 Å². The second kappa shape index (κ2) is 5.16. The molecule has 0 saturated heterocycles. The van der Waals surface area contributed by atoms with Crippen molar-refractivity contribution in [3.8, 4) is 0 Å². The van der Waals surface area contributed by atoms with Crippen molar-refractivity contribution in [3.63, 3.8) is 0 Å². The van der Waals surface area contributed by atoms with Crippen LogP contribution in [0.2, 0.25) is 6.04 Å². The summed E-state index contributed by atoms with van der Waals surface area (Å²) in [7, 11) is 5.78. The third-order valence-electron chi connectivity index (χ3n) is 1.65. The van der Waals surface area contributed by atoms with Crippen LogP contribution >= 0.6 is 12.6 Å². The van der Waals surface area contributed by atoms with Crippen molar-refractivity contribution >= 4 is 22.9 Å². The van der Waals surface area contributed by atoms with Crippen LogP contribution in [-0.2, 0) is 14.2 Å². The molecule has 0 N–H and O–H groups in total. The predicted molar refractivity (Wildman–Crippen MR) is 51.3 cm³/mol. The van der Waals surface area contributed by atoms with Crippen LogP contribution in [0.1, 0.15) is 0 Å². The second-order valence-electron chi connectivity index (χ2n) is 2.17. The van der Waals surface area contributed by atoms with Crippen LogP contribution in [0, 0.1) is 0 Å². The van der Waals surface area contributed by atoms with Crippen molar-refractivity contribution in [3.05, 3.63) is 0 Å². The van der Waals surface area contributed by atoms with Crippen molar-refractivity contribution in [1.82, 2.24) is 0 Å². The predicted octanol–water partition coefficient (Wildman–Crippen LogP) is -0.339. The second-order valence-corrected chi connectivity index (χ2v) is 3.61. The highest BCUT2D eigenvalue weighted by Gasteiger charge is 2.34. The van der Waals surface area contributed by atoms with Crippen molar-refractivity contribution in [2.45, 2.75) is 17.3 Å². The van der Waals surface area contributed by atoms with Gasteiger partial charge >= 0.3 is 0 Å². The van der Waals surface area contributed by atoms with Gasteiger partial charge in [0, 0.05) is 31.6 Å². The average Bonchev–Trinajstić information content (AvgIpc) is 2.06. The first-order chi connectivity index (χ1) is 5.14. The topological polar surface area (TPSA) is 27.7 Å². The van der Waals surface area contributed by atoms with Gasteiger partial charge in [-0.3, -0.25) is 0 Å². The van der Waals surface area contributed by atoms with Crippen molar-refractivity contribution in [2.24, 2.45) is 0 Å². The zero-order chi connectivity index (χ0) is 8.91. The Hall–Kier alpha value is 0.447. The molecule has 0 spiro atoms. The van der Waals surface area contributed by atoms with Gasteiger partial charge in [-0.2, -0.15) is 0 Å². The van der Waals surface area contributed by atoms with Crippen molar-refractivity contribution < 1.29 is 14.2 Å². The van der Waals surface area contributed by atoms with E-state index in [4.69, 9.17) is 14.2 Å². The summed E-state index contributed by atoms with van der Waals surface area (Å²) in [4.78, 5) is 0. The molecule has 0 saturated carbocycles. The first-order valence-corrected chi connectivity index (χ1v) is 5.36. The van der Waals surface area contributed by atoms with E-state index in [2.05, 4.69) is 12.6 Å². The molecule has 5 heteroatoms. The number of rotatable bonds is 5. The van der Waals surface area contributed by atoms with Gasteiger partial charge in [-0.1, -0.05) is 0 Å². The van der Waals surface area contributed by atoms with Gasteiger partial charge in [0.25, 0.3) is 0 Å². The van der Waals surface area contributed by atoms with E-state index in [-0.39, 0.29) is 6.10 Å². The normalized spacial score (nSPS) is 15.3. The smallest absolute Gasteiger partial charge is 0.241 e.